The van der Waals surface area contributed by atoms with Crippen LogP contribution in [0, 0.1) is 0 Å². The van der Waals surface area contributed by atoms with Gasteiger partial charge < -0.3 is 10.2 Å². The largest absolute Gasteiger partial charge is 0.373 e. The standard InChI is InChI=1S/C14H21N3O/c1-3-4-9-17(12-5-6-12)14(18)11-7-8-16-13(10-11)15-2/h7-8,10,12H,3-6,9H2,1-2H3,(H,15,16). The monoisotopic (exact) mass is 247 g/mol. The summed E-state index contributed by atoms with van der Waals surface area (Å²) in [5.41, 5.74) is 0.734. The lowest BCUT2D eigenvalue weighted by molar-refractivity contribution is 0.0740. The molecule has 1 saturated carbocycles. The van der Waals surface area contributed by atoms with Crippen LogP contribution in [0.4, 0.5) is 5.82 Å². The summed E-state index contributed by atoms with van der Waals surface area (Å²) in [6.07, 6.45) is 6.18. The molecule has 0 atom stereocenters. The topological polar surface area (TPSA) is 45.2 Å². The van der Waals surface area contributed by atoms with Gasteiger partial charge in [0.25, 0.3) is 5.91 Å². The van der Waals surface area contributed by atoms with Crippen molar-refractivity contribution in [3.63, 3.8) is 0 Å². The van der Waals surface area contributed by atoms with E-state index in [1.165, 1.54) is 0 Å². The van der Waals surface area contributed by atoms with Gasteiger partial charge in [-0.2, -0.15) is 0 Å². The summed E-state index contributed by atoms with van der Waals surface area (Å²) < 4.78 is 0. The zero-order valence-electron chi connectivity index (χ0n) is 11.1. The Kier molecular flexibility index (Phi) is 4.18. The van der Waals surface area contributed by atoms with E-state index in [-0.39, 0.29) is 5.91 Å². The average molecular weight is 247 g/mol. The fourth-order valence-electron chi connectivity index (χ4n) is 2.03. The molecule has 0 aromatic carbocycles. The lowest BCUT2D eigenvalue weighted by atomic mass is 10.2. The van der Waals surface area contributed by atoms with Gasteiger partial charge in [-0.3, -0.25) is 4.79 Å². The van der Waals surface area contributed by atoms with E-state index in [1.807, 2.05) is 18.0 Å². The van der Waals surface area contributed by atoms with Gasteiger partial charge in [0.05, 0.1) is 0 Å². The maximum Gasteiger partial charge on any atom is 0.254 e. The number of hydrogen-bond donors (Lipinski definition) is 1. The summed E-state index contributed by atoms with van der Waals surface area (Å²) >= 11 is 0. The van der Waals surface area contributed by atoms with Crippen molar-refractivity contribution >= 4 is 11.7 Å². The molecule has 1 aromatic heterocycles. The Bertz CT molecular complexity index is 415. The highest BCUT2D eigenvalue weighted by atomic mass is 16.2. The third kappa shape index (κ3) is 3.00. The normalized spacial score (nSPS) is 14.3. The fraction of sp³-hybridized carbons (Fsp3) is 0.571. The third-order valence-electron chi connectivity index (χ3n) is 3.26. The number of carbonyl (C=O) groups is 1. The molecule has 0 saturated heterocycles. The number of hydrogen-bond acceptors (Lipinski definition) is 3. The Hall–Kier alpha value is -1.58. The number of anilines is 1. The molecule has 4 heteroatoms. The molecule has 18 heavy (non-hydrogen) atoms. The quantitative estimate of drug-likeness (QED) is 0.840. The highest BCUT2D eigenvalue weighted by molar-refractivity contribution is 5.95. The minimum atomic E-state index is 0.143. The van der Waals surface area contributed by atoms with Crippen molar-refractivity contribution < 1.29 is 4.79 Å². The van der Waals surface area contributed by atoms with Crippen molar-refractivity contribution in [3.05, 3.63) is 23.9 Å². The highest BCUT2D eigenvalue weighted by Crippen LogP contribution is 2.28. The summed E-state index contributed by atoms with van der Waals surface area (Å²) in [6, 6.07) is 4.09. The van der Waals surface area contributed by atoms with Crippen LogP contribution in [0.5, 0.6) is 0 Å². The first-order valence-electron chi connectivity index (χ1n) is 6.71. The number of pyridine rings is 1. The summed E-state index contributed by atoms with van der Waals surface area (Å²) in [5.74, 6) is 0.886. The molecule has 1 fully saturated rings. The van der Waals surface area contributed by atoms with Crippen molar-refractivity contribution in [2.24, 2.45) is 0 Å². The van der Waals surface area contributed by atoms with Gasteiger partial charge in [0.2, 0.25) is 0 Å². The minimum Gasteiger partial charge on any atom is -0.373 e. The molecular weight excluding hydrogens is 226 g/mol. The first kappa shape index (κ1) is 12.9. The summed E-state index contributed by atoms with van der Waals surface area (Å²) in [7, 11) is 1.81. The molecule has 1 aliphatic carbocycles. The number of amides is 1. The number of carbonyl (C=O) groups excluding carboxylic acids is 1. The Balaban J connectivity index is 2.11. The van der Waals surface area contributed by atoms with Crippen LogP contribution in [-0.4, -0.2) is 35.4 Å². The number of nitrogens with one attached hydrogen (secondary N) is 1. The Labute approximate surface area is 108 Å². The van der Waals surface area contributed by atoms with Crippen molar-refractivity contribution in [2.75, 3.05) is 18.9 Å². The minimum absolute atomic E-state index is 0.143. The third-order valence-corrected chi connectivity index (χ3v) is 3.26. The number of nitrogens with zero attached hydrogens (tertiary/aromatic N) is 2. The van der Waals surface area contributed by atoms with Gasteiger partial charge in [-0.25, -0.2) is 4.98 Å². The van der Waals surface area contributed by atoms with E-state index in [2.05, 4.69) is 17.2 Å². The molecule has 0 unspecified atom stereocenters. The van der Waals surface area contributed by atoms with E-state index in [9.17, 15) is 4.79 Å². The molecule has 1 aliphatic rings. The predicted octanol–water partition coefficient (Wildman–Crippen LogP) is 2.53. The zero-order valence-corrected chi connectivity index (χ0v) is 11.1. The lowest BCUT2D eigenvalue weighted by Crippen LogP contribution is -2.34. The van der Waals surface area contributed by atoms with Gasteiger partial charge >= 0.3 is 0 Å². The number of rotatable bonds is 6. The maximum absolute atomic E-state index is 12.5. The molecule has 0 spiro atoms. The molecule has 98 valence electrons. The van der Waals surface area contributed by atoms with Gasteiger partial charge in [0.1, 0.15) is 5.82 Å². The molecule has 1 amide bonds. The van der Waals surface area contributed by atoms with E-state index in [0.717, 1.165) is 43.6 Å². The van der Waals surface area contributed by atoms with Crippen LogP contribution < -0.4 is 5.32 Å². The van der Waals surface area contributed by atoms with E-state index in [4.69, 9.17) is 0 Å². The zero-order chi connectivity index (χ0) is 13.0. The smallest absolute Gasteiger partial charge is 0.254 e. The molecule has 1 aromatic rings. The Morgan fingerprint density at radius 1 is 1.56 bits per heavy atom. The van der Waals surface area contributed by atoms with Gasteiger partial charge in [0, 0.05) is 31.4 Å². The van der Waals surface area contributed by atoms with Crippen LogP contribution in [0.1, 0.15) is 43.0 Å². The van der Waals surface area contributed by atoms with Crippen LogP contribution in [0.15, 0.2) is 18.3 Å². The average Bonchev–Trinajstić information content (AvgIpc) is 3.23. The van der Waals surface area contributed by atoms with Gasteiger partial charge in [0.15, 0.2) is 0 Å². The lowest BCUT2D eigenvalue weighted by Gasteiger charge is -2.22. The Morgan fingerprint density at radius 3 is 2.94 bits per heavy atom. The van der Waals surface area contributed by atoms with Crippen LogP contribution in [0.3, 0.4) is 0 Å². The Morgan fingerprint density at radius 2 is 2.33 bits per heavy atom. The second kappa shape index (κ2) is 5.85. The second-order valence-electron chi connectivity index (χ2n) is 4.76. The maximum atomic E-state index is 12.5. The van der Waals surface area contributed by atoms with Crippen molar-refractivity contribution in [2.45, 2.75) is 38.6 Å². The number of aromatic nitrogens is 1. The van der Waals surface area contributed by atoms with Crippen LogP contribution in [-0.2, 0) is 0 Å². The first-order valence-corrected chi connectivity index (χ1v) is 6.71. The first-order chi connectivity index (χ1) is 8.76. The van der Waals surface area contributed by atoms with Gasteiger partial charge in [-0.15, -0.1) is 0 Å². The van der Waals surface area contributed by atoms with Crippen LogP contribution in [0.2, 0.25) is 0 Å². The molecule has 1 N–H and O–H groups in total. The summed E-state index contributed by atoms with van der Waals surface area (Å²) in [4.78, 5) is 18.6. The van der Waals surface area contributed by atoms with Gasteiger partial charge in [-0.1, -0.05) is 13.3 Å². The van der Waals surface area contributed by atoms with Crippen LogP contribution >= 0.6 is 0 Å². The molecular formula is C14H21N3O. The van der Waals surface area contributed by atoms with Crippen molar-refractivity contribution in [1.29, 1.82) is 0 Å². The fourth-order valence-corrected chi connectivity index (χ4v) is 2.03. The molecule has 1 heterocycles. The molecule has 2 rings (SSSR count). The van der Waals surface area contributed by atoms with E-state index in [1.54, 1.807) is 12.3 Å². The van der Waals surface area contributed by atoms with Crippen molar-refractivity contribution in [1.82, 2.24) is 9.88 Å². The molecule has 0 aliphatic heterocycles. The van der Waals surface area contributed by atoms with Gasteiger partial charge in [-0.05, 0) is 31.4 Å². The van der Waals surface area contributed by atoms with Crippen LogP contribution in [0.25, 0.3) is 0 Å². The van der Waals surface area contributed by atoms with E-state index < -0.39 is 0 Å². The summed E-state index contributed by atoms with van der Waals surface area (Å²) in [6.45, 7) is 3.03. The molecule has 0 bridgehead atoms. The predicted molar refractivity (Wildman–Crippen MR) is 72.8 cm³/mol. The number of unbranched alkanes of at least 4 members (excludes halogenated alkanes) is 1. The van der Waals surface area contributed by atoms with Crippen molar-refractivity contribution in [3.8, 4) is 0 Å². The molecule has 0 radical (unpaired) electrons. The SMILES string of the molecule is CCCCN(C(=O)c1ccnc(NC)c1)C1CC1. The second-order valence-corrected chi connectivity index (χ2v) is 4.76. The van der Waals surface area contributed by atoms with E-state index >= 15 is 0 Å². The molecule has 4 nitrogen and oxygen atoms in total. The highest BCUT2D eigenvalue weighted by Gasteiger charge is 2.32. The van der Waals surface area contributed by atoms with E-state index in [0.29, 0.717) is 6.04 Å². The summed E-state index contributed by atoms with van der Waals surface area (Å²) in [5, 5.41) is 2.97.